The number of guanidine groups is 1. The predicted octanol–water partition coefficient (Wildman–Crippen LogP) is 3.31. The largest absolute Gasteiger partial charge is 0.379 e. The molecule has 0 saturated heterocycles. The van der Waals surface area contributed by atoms with Crippen molar-refractivity contribution in [2.45, 2.75) is 39.3 Å². The quantitative estimate of drug-likeness (QED) is 0.189. The molecule has 158 valence electrons. The highest BCUT2D eigenvalue weighted by Crippen LogP contribution is 2.20. The van der Waals surface area contributed by atoms with E-state index >= 15 is 0 Å². The van der Waals surface area contributed by atoms with Gasteiger partial charge in [0, 0.05) is 39.7 Å². The Morgan fingerprint density at radius 2 is 2.00 bits per heavy atom. The van der Waals surface area contributed by atoms with Crippen molar-refractivity contribution in [3.05, 3.63) is 16.1 Å². The van der Waals surface area contributed by atoms with Crippen LogP contribution in [0.25, 0.3) is 0 Å². The van der Waals surface area contributed by atoms with Crippen LogP contribution in [0.5, 0.6) is 0 Å². The van der Waals surface area contributed by atoms with Gasteiger partial charge in [0.25, 0.3) is 0 Å². The number of methoxy groups -OCH3 is 1. The highest BCUT2D eigenvalue weighted by molar-refractivity contribution is 14.0. The molecule has 0 aliphatic heterocycles. The summed E-state index contributed by atoms with van der Waals surface area (Å²) in [5.74, 6) is 0.821. The zero-order chi connectivity index (χ0) is 19.2. The van der Waals surface area contributed by atoms with Gasteiger partial charge >= 0.3 is 0 Å². The lowest BCUT2D eigenvalue weighted by Gasteiger charge is -2.21. The molecule has 1 aromatic heterocycles. The molecule has 9 heteroatoms. The molecule has 27 heavy (non-hydrogen) atoms. The zero-order valence-electron chi connectivity index (χ0n) is 17.2. The van der Waals surface area contributed by atoms with Crippen LogP contribution in [0.15, 0.2) is 10.4 Å². The molecule has 0 aromatic carbocycles. The lowest BCUT2D eigenvalue weighted by atomic mass is 10.4. The number of ether oxygens (including phenoxy) is 3. The second kappa shape index (κ2) is 16.5. The van der Waals surface area contributed by atoms with E-state index < -0.39 is 0 Å². The molecule has 0 fully saturated rings. The lowest BCUT2D eigenvalue weighted by Crippen LogP contribution is -2.40. The molecule has 0 bridgehead atoms. The minimum atomic E-state index is 0. The van der Waals surface area contributed by atoms with Crippen molar-refractivity contribution in [1.82, 2.24) is 15.2 Å². The van der Waals surface area contributed by atoms with Crippen LogP contribution in [-0.4, -0.2) is 70.0 Å². The monoisotopic (exact) mass is 514 g/mol. The van der Waals surface area contributed by atoms with Crippen LogP contribution >= 0.6 is 35.3 Å². The maximum atomic E-state index is 5.56. The molecule has 7 nitrogen and oxygen atoms in total. The molecule has 1 unspecified atom stereocenters. The summed E-state index contributed by atoms with van der Waals surface area (Å²) in [5, 5.41) is 6.36. The standard InChI is InChI=1S/C18H34N4O3S.HI/c1-6-7-9-24-11-12-25-10-8-20-18(19-3)22(4)13-16-14-26-17(21-16)15(2)23-5;/h14-15H,6-13H2,1-5H3,(H,19,20);1H. The fourth-order valence-electron chi connectivity index (χ4n) is 2.19. The number of nitrogens with zero attached hydrogens (tertiary/aromatic N) is 3. The zero-order valence-corrected chi connectivity index (χ0v) is 20.3. The molecule has 1 atom stereocenters. The van der Waals surface area contributed by atoms with E-state index in [0.717, 1.165) is 36.1 Å². The number of hydrogen-bond acceptors (Lipinski definition) is 6. The average molecular weight is 514 g/mol. The summed E-state index contributed by atoms with van der Waals surface area (Å²) >= 11 is 1.62. The predicted molar refractivity (Wildman–Crippen MR) is 122 cm³/mol. The van der Waals surface area contributed by atoms with Crippen molar-refractivity contribution in [3.8, 4) is 0 Å². The second-order valence-electron chi connectivity index (χ2n) is 5.96. The fourth-order valence-corrected chi connectivity index (χ4v) is 3.03. The summed E-state index contributed by atoms with van der Waals surface area (Å²) in [6.07, 6.45) is 2.29. The first kappa shape index (κ1) is 26.5. The van der Waals surface area contributed by atoms with Gasteiger partial charge < -0.3 is 24.4 Å². The van der Waals surface area contributed by atoms with Crippen molar-refractivity contribution < 1.29 is 14.2 Å². The molecule has 0 spiro atoms. The van der Waals surface area contributed by atoms with Crippen molar-refractivity contribution in [2.75, 3.05) is 54.2 Å². The smallest absolute Gasteiger partial charge is 0.193 e. The summed E-state index contributed by atoms with van der Waals surface area (Å²) in [4.78, 5) is 11.0. The molecule has 1 heterocycles. The average Bonchev–Trinajstić information content (AvgIpc) is 3.11. The van der Waals surface area contributed by atoms with Gasteiger partial charge in [-0.25, -0.2) is 4.98 Å². The summed E-state index contributed by atoms with van der Waals surface area (Å²) in [6, 6.07) is 0. The van der Waals surface area contributed by atoms with E-state index in [9.17, 15) is 0 Å². The Kier molecular flexibility index (Phi) is 16.2. The molecule has 0 saturated carbocycles. The summed E-state index contributed by atoms with van der Waals surface area (Å²) in [5.41, 5.74) is 1.01. The van der Waals surface area contributed by atoms with Gasteiger partial charge in [-0.2, -0.15) is 0 Å². The highest BCUT2D eigenvalue weighted by Gasteiger charge is 2.12. The molecule has 0 aliphatic rings. The van der Waals surface area contributed by atoms with Crippen molar-refractivity contribution in [2.24, 2.45) is 4.99 Å². The number of unbranched alkanes of at least 4 members (excludes halogenated alkanes) is 1. The molecule has 1 N–H and O–H groups in total. The number of rotatable bonds is 13. The van der Waals surface area contributed by atoms with Crippen LogP contribution in [-0.2, 0) is 20.8 Å². The van der Waals surface area contributed by atoms with Gasteiger partial charge in [-0.15, -0.1) is 35.3 Å². The Balaban J connectivity index is 0.00000676. The molecule has 0 radical (unpaired) electrons. The lowest BCUT2D eigenvalue weighted by molar-refractivity contribution is 0.0486. The maximum absolute atomic E-state index is 5.56. The van der Waals surface area contributed by atoms with Gasteiger partial charge in [-0.1, -0.05) is 13.3 Å². The third kappa shape index (κ3) is 11.2. The first-order valence-electron chi connectivity index (χ1n) is 9.16. The van der Waals surface area contributed by atoms with E-state index in [2.05, 4.69) is 27.6 Å². The molecular weight excluding hydrogens is 479 g/mol. The van der Waals surface area contributed by atoms with Gasteiger partial charge in [-0.05, 0) is 13.3 Å². The fraction of sp³-hybridized carbons (Fsp3) is 0.778. The first-order valence-corrected chi connectivity index (χ1v) is 10.0. The van der Waals surface area contributed by atoms with Gasteiger partial charge in [0.05, 0.1) is 32.1 Å². The van der Waals surface area contributed by atoms with Gasteiger partial charge in [0.2, 0.25) is 0 Å². The minimum Gasteiger partial charge on any atom is -0.379 e. The van der Waals surface area contributed by atoms with Crippen molar-refractivity contribution in [1.29, 1.82) is 0 Å². The molecule has 0 amide bonds. The number of nitrogens with one attached hydrogen (secondary N) is 1. The normalized spacial score (nSPS) is 12.6. The highest BCUT2D eigenvalue weighted by atomic mass is 127. The van der Waals surface area contributed by atoms with E-state index in [4.69, 9.17) is 14.2 Å². The Morgan fingerprint density at radius 1 is 1.30 bits per heavy atom. The first-order chi connectivity index (χ1) is 12.6. The van der Waals surface area contributed by atoms with Crippen LogP contribution < -0.4 is 5.32 Å². The third-order valence-electron chi connectivity index (χ3n) is 3.79. The van der Waals surface area contributed by atoms with Crippen LogP contribution in [0.1, 0.15) is 43.5 Å². The van der Waals surface area contributed by atoms with Gasteiger partial charge in [-0.3, -0.25) is 4.99 Å². The summed E-state index contributed by atoms with van der Waals surface area (Å²) in [6.45, 7) is 8.27. The van der Waals surface area contributed by atoms with E-state index in [1.54, 1.807) is 25.5 Å². The molecule has 0 aliphatic carbocycles. The van der Waals surface area contributed by atoms with Crippen LogP contribution in [0.4, 0.5) is 0 Å². The van der Waals surface area contributed by atoms with Crippen molar-refractivity contribution >= 4 is 41.3 Å². The van der Waals surface area contributed by atoms with Gasteiger partial charge in [0.15, 0.2) is 5.96 Å². The van der Waals surface area contributed by atoms with Crippen LogP contribution in [0, 0.1) is 0 Å². The number of hydrogen-bond donors (Lipinski definition) is 1. The molecule has 1 rings (SSSR count). The van der Waals surface area contributed by atoms with E-state index in [-0.39, 0.29) is 30.1 Å². The Morgan fingerprint density at radius 3 is 2.63 bits per heavy atom. The Labute approximate surface area is 184 Å². The van der Waals surface area contributed by atoms with E-state index in [0.29, 0.717) is 32.9 Å². The number of thiazole rings is 1. The SMILES string of the molecule is CCCCOCCOCCNC(=NC)N(C)Cc1csc(C(C)OC)n1.I. The Hall–Kier alpha value is -0.490. The van der Waals surface area contributed by atoms with Crippen LogP contribution in [0.3, 0.4) is 0 Å². The van der Waals surface area contributed by atoms with Gasteiger partial charge in [0.1, 0.15) is 11.1 Å². The summed E-state index contributed by atoms with van der Waals surface area (Å²) < 4.78 is 16.3. The maximum Gasteiger partial charge on any atom is 0.193 e. The van der Waals surface area contributed by atoms with Crippen molar-refractivity contribution in [3.63, 3.8) is 0 Å². The van der Waals surface area contributed by atoms with E-state index in [1.165, 1.54) is 0 Å². The third-order valence-corrected chi connectivity index (χ3v) is 4.84. The Bertz CT molecular complexity index is 517. The number of halogens is 1. The molecular formula is C18H35IN4O3S. The second-order valence-corrected chi connectivity index (χ2v) is 6.85. The summed E-state index contributed by atoms with van der Waals surface area (Å²) in [7, 11) is 5.47. The van der Waals surface area contributed by atoms with E-state index in [1.807, 2.05) is 18.9 Å². The number of aromatic nitrogens is 1. The number of aliphatic imine (C=N–C) groups is 1. The topological polar surface area (TPSA) is 68.2 Å². The van der Waals surface area contributed by atoms with Crippen LogP contribution in [0.2, 0.25) is 0 Å². The molecule has 1 aromatic rings. The minimum absolute atomic E-state index is 0.